The highest BCUT2D eigenvalue weighted by Gasteiger charge is 2.40. The standard InChI is InChI=1S/C22H29N5O5S/c1-16(28)18-5-7-19(8-6-18)33(30,31)27-13-11-26(12-14-27)20(29)15-23-22(9-3-4-10-22)21-24-17(2)32-25-21/h5-8,23H,3-4,9-15H2,1-2H3. The maximum absolute atomic E-state index is 12.9. The largest absolute Gasteiger partial charge is 0.340 e. The van der Waals surface area contributed by atoms with Crippen LogP contribution in [0.2, 0.25) is 0 Å². The Morgan fingerprint density at radius 1 is 1.09 bits per heavy atom. The number of benzene rings is 1. The van der Waals surface area contributed by atoms with Crippen LogP contribution in [0.4, 0.5) is 0 Å². The summed E-state index contributed by atoms with van der Waals surface area (Å²) in [6.45, 7) is 4.39. The van der Waals surface area contributed by atoms with Gasteiger partial charge in [-0.25, -0.2) is 8.42 Å². The summed E-state index contributed by atoms with van der Waals surface area (Å²) in [6, 6.07) is 5.94. The third kappa shape index (κ3) is 4.85. The quantitative estimate of drug-likeness (QED) is 0.597. The third-order valence-corrected chi connectivity index (χ3v) is 8.39. The monoisotopic (exact) mass is 475 g/mol. The number of piperazine rings is 1. The predicted molar refractivity (Wildman–Crippen MR) is 119 cm³/mol. The SMILES string of the molecule is CC(=O)c1ccc(S(=O)(=O)N2CCN(C(=O)CNC3(c4noc(C)n4)CCCC3)CC2)cc1. The number of carbonyl (C=O) groups excluding carboxylic acids is 2. The normalized spacial score (nSPS) is 19.0. The Balaban J connectivity index is 1.34. The average Bonchev–Trinajstić information content (AvgIpc) is 3.47. The Labute approximate surface area is 193 Å². The number of hydrogen-bond donors (Lipinski definition) is 1. The number of rotatable bonds is 7. The zero-order chi connectivity index (χ0) is 23.6. The van der Waals surface area contributed by atoms with E-state index in [1.807, 2.05) is 0 Å². The number of amides is 1. The van der Waals surface area contributed by atoms with Gasteiger partial charge in [0.15, 0.2) is 11.6 Å². The summed E-state index contributed by atoms with van der Waals surface area (Å²) >= 11 is 0. The zero-order valence-corrected chi connectivity index (χ0v) is 19.7. The predicted octanol–water partition coefficient (Wildman–Crippen LogP) is 1.47. The van der Waals surface area contributed by atoms with Crippen molar-refractivity contribution in [3.8, 4) is 0 Å². The molecular weight excluding hydrogens is 446 g/mol. The summed E-state index contributed by atoms with van der Waals surface area (Å²) in [6.07, 6.45) is 3.73. The molecule has 178 valence electrons. The van der Waals surface area contributed by atoms with Crippen molar-refractivity contribution in [3.05, 3.63) is 41.5 Å². The van der Waals surface area contributed by atoms with Crippen LogP contribution in [0.3, 0.4) is 0 Å². The molecule has 11 heteroatoms. The highest BCUT2D eigenvalue weighted by Crippen LogP contribution is 2.37. The molecule has 1 aromatic carbocycles. The highest BCUT2D eigenvalue weighted by atomic mass is 32.2. The molecule has 1 aliphatic heterocycles. The van der Waals surface area contributed by atoms with Crippen LogP contribution < -0.4 is 5.32 Å². The second-order valence-corrected chi connectivity index (χ2v) is 10.6. The van der Waals surface area contributed by atoms with Crippen LogP contribution in [0.15, 0.2) is 33.7 Å². The Kier molecular flexibility index (Phi) is 6.64. The van der Waals surface area contributed by atoms with Crippen LogP contribution in [0.1, 0.15) is 54.7 Å². The van der Waals surface area contributed by atoms with Crippen molar-refractivity contribution in [1.29, 1.82) is 0 Å². The molecule has 1 saturated carbocycles. The van der Waals surface area contributed by atoms with Crippen molar-refractivity contribution < 1.29 is 22.5 Å². The number of nitrogens with zero attached hydrogens (tertiary/aromatic N) is 4. The molecule has 0 bridgehead atoms. The molecule has 1 aromatic heterocycles. The molecule has 1 amide bonds. The fraction of sp³-hybridized carbons (Fsp3) is 0.545. The van der Waals surface area contributed by atoms with E-state index in [4.69, 9.17) is 4.52 Å². The van der Waals surface area contributed by atoms with Crippen LogP contribution in [-0.4, -0.2) is 72.2 Å². The number of hydrogen-bond acceptors (Lipinski definition) is 8. The van der Waals surface area contributed by atoms with Gasteiger partial charge in [0.05, 0.1) is 17.0 Å². The molecule has 10 nitrogen and oxygen atoms in total. The van der Waals surface area contributed by atoms with Crippen LogP contribution >= 0.6 is 0 Å². The molecule has 0 unspecified atom stereocenters. The number of sulfonamides is 1. The number of aryl methyl sites for hydroxylation is 1. The van der Waals surface area contributed by atoms with Crippen molar-refractivity contribution in [1.82, 2.24) is 24.7 Å². The smallest absolute Gasteiger partial charge is 0.243 e. The number of nitrogens with one attached hydrogen (secondary N) is 1. The third-order valence-electron chi connectivity index (χ3n) is 6.48. The lowest BCUT2D eigenvalue weighted by Crippen LogP contribution is -2.54. The molecule has 4 rings (SSSR count). The van der Waals surface area contributed by atoms with Gasteiger partial charge in [0.2, 0.25) is 21.8 Å². The topological polar surface area (TPSA) is 126 Å². The zero-order valence-electron chi connectivity index (χ0n) is 18.9. The summed E-state index contributed by atoms with van der Waals surface area (Å²) < 4.78 is 32.4. The summed E-state index contributed by atoms with van der Waals surface area (Å²) in [5.74, 6) is 0.896. The van der Waals surface area contributed by atoms with Gasteiger partial charge in [0.1, 0.15) is 0 Å². The van der Waals surface area contributed by atoms with E-state index < -0.39 is 15.6 Å². The van der Waals surface area contributed by atoms with E-state index in [2.05, 4.69) is 15.5 Å². The lowest BCUT2D eigenvalue weighted by atomic mass is 9.96. The molecule has 0 radical (unpaired) electrons. The Morgan fingerprint density at radius 2 is 1.73 bits per heavy atom. The average molecular weight is 476 g/mol. The van der Waals surface area contributed by atoms with Gasteiger partial charge in [-0.2, -0.15) is 9.29 Å². The Hall–Kier alpha value is -2.63. The van der Waals surface area contributed by atoms with Crippen molar-refractivity contribution in [2.24, 2.45) is 0 Å². The summed E-state index contributed by atoms with van der Waals surface area (Å²) in [7, 11) is -3.68. The molecule has 0 atom stereocenters. The van der Waals surface area contributed by atoms with Crippen molar-refractivity contribution in [2.45, 2.75) is 50.0 Å². The lowest BCUT2D eigenvalue weighted by molar-refractivity contribution is -0.131. The number of aromatic nitrogens is 2. The van der Waals surface area contributed by atoms with E-state index in [0.717, 1.165) is 25.7 Å². The summed E-state index contributed by atoms with van der Waals surface area (Å²) in [4.78, 5) is 30.5. The lowest BCUT2D eigenvalue weighted by Gasteiger charge is -2.35. The number of ketones is 1. The molecule has 2 fully saturated rings. The second kappa shape index (κ2) is 9.32. The van der Waals surface area contributed by atoms with Crippen LogP contribution in [-0.2, 0) is 20.4 Å². The van der Waals surface area contributed by atoms with Crippen molar-refractivity contribution >= 4 is 21.7 Å². The van der Waals surface area contributed by atoms with Gasteiger partial charge in [-0.1, -0.05) is 30.1 Å². The molecule has 2 aliphatic rings. The Morgan fingerprint density at radius 3 is 2.27 bits per heavy atom. The van der Waals surface area contributed by atoms with Crippen LogP contribution in [0.25, 0.3) is 0 Å². The maximum atomic E-state index is 12.9. The summed E-state index contributed by atoms with van der Waals surface area (Å²) in [5, 5.41) is 7.44. The minimum Gasteiger partial charge on any atom is -0.340 e. The van der Waals surface area contributed by atoms with Crippen LogP contribution in [0.5, 0.6) is 0 Å². The van der Waals surface area contributed by atoms with Gasteiger partial charge in [-0.15, -0.1) is 0 Å². The van der Waals surface area contributed by atoms with Gasteiger partial charge in [-0.3, -0.25) is 14.9 Å². The minimum absolute atomic E-state index is 0.0793. The molecule has 2 aromatic rings. The first-order valence-corrected chi connectivity index (χ1v) is 12.6. The van der Waals surface area contributed by atoms with E-state index in [0.29, 0.717) is 30.4 Å². The molecule has 1 aliphatic carbocycles. The first-order valence-electron chi connectivity index (χ1n) is 11.2. The van der Waals surface area contributed by atoms with Gasteiger partial charge in [0, 0.05) is 38.7 Å². The molecule has 33 heavy (non-hydrogen) atoms. The van der Waals surface area contributed by atoms with E-state index in [1.54, 1.807) is 11.8 Å². The van der Waals surface area contributed by atoms with Gasteiger partial charge < -0.3 is 9.42 Å². The van der Waals surface area contributed by atoms with Gasteiger partial charge in [0.25, 0.3) is 0 Å². The molecule has 1 saturated heterocycles. The fourth-order valence-corrected chi connectivity index (χ4v) is 5.92. The van der Waals surface area contributed by atoms with E-state index in [1.165, 1.54) is 35.5 Å². The first-order chi connectivity index (χ1) is 15.7. The van der Waals surface area contributed by atoms with Crippen molar-refractivity contribution in [2.75, 3.05) is 32.7 Å². The Bertz CT molecular complexity index is 1110. The molecular formula is C22H29N5O5S. The second-order valence-electron chi connectivity index (χ2n) is 8.65. The number of Topliss-reactive ketones (excluding diaryl/α,β-unsaturated/α-hetero) is 1. The minimum atomic E-state index is -3.68. The first kappa shape index (κ1) is 23.5. The van der Waals surface area contributed by atoms with Gasteiger partial charge in [-0.05, 0) is 31.9 Å². The highest BCUT2D eigenvalue weighted by molar-refractivity contribution is 7.89. The fourth-order valence-electron chi connectivity index (χ4n) is 4.50. The maximum Gasteiger partial charge on any atom is 0.243 e. The van der Waals surface area contributed by atoms with E-state index >= 15 is 0 Å². The number of carbonyl (C=O) groups is 2. The van der Waals surface area contributed by atoms with Crippen LogP contribution in [0, 0.1) is 6.92 Å². The molecule has 2 heterocycles. The van der Waals surface area contributed by atoms with E-state index in [-0.39, 0.29) is 36.2 Å². The molecule has 0 spiro atoms. The van der Waals surface area contributed by atoms with Crippen molar-refractivity contribution in [3.63, 3.8) is 0 Å². The molecule has 1 N–H and O–H groups in total. The van der Waals surface area contributed by atoms with Gasteiger partial charge >= 0.3 is 0 Å². The van der Waals surface area contributed by atoms with E-state index in [9.17, 15) is 18.0 Å². The summed E-state index contributed by atoms with van der Waals surface area (Å²) in [5.41, 5.74) is 0.0119.